The molecule has 0 aliphatic rings. The molecule has 0 spiro atoms. The molecule has 4 aromatic carbocycles. The van der Waals surface area contributed by atoms with Crippen molar-refractivity contribution in [2.75, 3.05) is 0 Å². The smallest absolute Gasteiger partial charge is 0.336 e. The van der Waals surface area contributed by atoms with Gasteiger partial charge in [-0.05, 0) is 78.6 Å². The Labute approximate surface area is 229 Å². The first kappa shape index (κ1) is 25.5. The fourth-order valence-electron chi connectivity index (χ4n) is 4.77. The summed E-state index contributed by atoms with van der Waals surface area (Å²) < 4.78 is 3.23. The largest absolute Gasteiger partial charge is 0.478 e. The number of aryl methyl sites for hydroxylation is 1. The zero-order chi connectivity index (χ0) is 26.8. The van der Waals surface area contributed by atoms with E-state index in [1.54, 1.807) is 12.1 Å². The number of rotatable bonds is 7. The Morgan fingerprint density at radius 1 is 0.921 bits per heavy atom. The lowest BCUT2D eigenvalue weighted by Gasteiger charge is -2.15. The van der Waals surface area contributed by atoms with Crippen molar-refractivity contribution < 1.29 is 14.7 Å². The third-order valence-corrected chi connectivity index (χ3v) is 7.38. The van der Waals surface area contributed by atoms with Gasteiger partial charge in [0, 0.05) is 33.2 Å². The van der Waals surface area contributed by atoms with Crippen molar-refractivity contribution in [2.45, 2.75) is 26.4 Å². The van der Waals surface area contributed by atoms with Crippen LogP contribution in [0.1, 0.15) is 50.5 Å². The van der Waals surface area contributed by atoms with E-state index >= 15 is 0 Å². The van der Waals surface area contributed by atoms with Crippen molar-refractivity contribution in [3.05, 3.63) is 129 Å². The van der Waals surface area contributed by atoms with Crippen LogP contribution in [0, 0.1) is 6.92 Å². The first-order valence-corrected chi connectivity index (χ1v) is 13.2. The van der Waals surface area contributed by atoms with Gasteiger partial charge < -0.3 is 15.0 Å². The van der Waals surface area contributed by atoms with Gasteiger partial charge in [0.2, 0.25) is 0 Å². The van der Waals surface area contributed by atoms with Gasteiger partial charge in [0.05, 0.1) is 11.6 Å². The summed E-state index contributed by atoms with van der Waals surface area (Å²) in [6, 6.07) is 30.8. The van der Waals surface area contributed by atoms with Crippen molar-refractivity contribution >= 4 is 38.7 Å². The van der Waals surface area contributed by atoms with E-state index < -0.39 is 5.97 Å². The fourth-order valence-corrected chi connectivity index (χ4v) is 5.03. The summed E-state index contributed by atoms with van der Waals surface area (Å²) in [5, 5.41) is 13.6. The van der Waals surface area contributed by atoms with Crippen molar-refractivity contribution in [2.24, 2.45) is 0 Å². The Balaban J connectivity index is 1.34. The second kappa shape index (κ2) is 10.7. The van der Waals surface area contributed by atoms with E-state index in [4.69, 9.17) is 0 Å². The highest BCUT2D eigenvalue weighted by Crippen LogP contribution is 2.26. The number of carbonyl (C=O) groups excluding carboxylic acids is 1. The number of carboxylic acids is 1. The molecule has 6 heteroatoms. The van der Waals surface area contributed by atoms with Crippen LogP contribution >= 0.6 is 15.9 Å². The Morgan fingerprint density at radius 3 is 2.34 bits per heavy atom. The van der Waals surface area contributed by atoms with E-state index in [2.05, 4.69) is 38.8 Å². The Hall–Kier alpha value is -4.16. The van der Waals surface area contributed by atoms with E-state index in [-0.39, 0.29) is 11.9 Å². The minimum atomic E-state index is -0.935. The van der Waals surface area contributed by atoms with E-state index in [0.717, 1.165) is 37.8 Å². The molecule has 0 saturated carbocycles. The predicted molar refractivity (Wildman–Crippen MR) is 155 cm³/mol. The van der Waals surface area contributed by atoms with E-state index in [9.17, 15) is 14.7 Å². The van der Waals surface area contributed by atoms with Gasteiger partial charge in [0.25, 0.3) is 5.91 Å². The molecule has 0 fully saturated rings. The topological polar surface area (TPSA) is 71.3 Å². The summed E-state index contributed by atoms with van der Waals surface area (Å²) in [4.78, 5) is 24.6. The molecule has 0 aliphatic carbocycles. The van der Waals surface area contributed by atoms with Crippen molar-refractivity contribution in [3.63, 3.8) is 0 Å². The van der Waals surface area contributed by atoms with E-state index in [0.29, 0.717) is 23.2 Å². The van der Waals surface area contributed by atoms with Crippen LogP contribution in [0.15, 0.2) is 102 Å². The monoisotopic (exact) mass is 566 g/mol. The third-order valence-electron chi connectivity index (χ3n) is 6.85. The maximum absolute atomic E-state index is 13.0. The van der Waals surface area contributed by atoms with Crippen LogP contribution in [0.25, 0.3) is 22.0 Å². The zero-order valence-corrected chi connectivity index (χ0v) is 22.7. The molecular formula is C32H27BrN2O3. The highest BCUT2D eigenvalue weighted by Gasteiger charge is 2.15. The molecule has 1 unspecified atom stereocenters. The summed E-state index contributed by atoms with van der Waals surface area (Å²) >= 11 is 3.44. The summed E-state index contributed by atoms with van der Waals surface area (Å²) in [5.41, 5.74) is 6.79. The molecule has 5 nitrogen and oxygen atoms in total. The Morgan fingerprint density at radius 2 is 1.63 bits per heavy atom. The van der Waals surface area contributed by atoms with Crippen LogP contribution in [0.5, 0.6) is 0 Å². The average molecular weight is 567 g/mol. The highest BCUT2D eigenvalue weighted by molar-refractivity contribution is 9.10. The lowest BCUT2D eigenvalue weighted by molar-refractivity contribution is 0.0697. The Bertz CT molecular complexity index is 1640. The van der Waals surface area contributed by atoms with Gasteiger partial charge in [-0.3, -0.25) is 4.79 Å². The van der Waals surface area contributed by atoms with Crippen LogP contribution in [0.3, 0.4) is 0 Å². The number of nitrogens with one attached hydrogen (secondary N) is 1. The molecule has 2 N–H and O–H groups in total. The second-order valence-electron chi connectivity index (χ2n) is 9.44. The lowest BCUT2D eigenvalue weighted by atomic mass is 9.99. The quantitative estimate of drug-likeness (QED) is 0.213. The maximum Gasteiger partial charge on any atom is 0.336 e. The summed E-state index contributed by atoms with van der Waals surface area (Å²) in [6.07, 6.45) is 0. The summed E-state index contributed by atoms with van der Waals surface area (Å²) in [5.74, 6) is -1.04. The predicted octanol–water partition coefficient (Wildman–Crippen LogP) is 7.62. The number of hydrogen-bond donors (Lipinski definition) is 2. The van der Waals surface area contributed by atoms with Crippen LogP contribution in [0.2, 0.25) is 0 Å². The van der Waals surface area contributed by atoms with Crippen molar-refractivity contribution in [3.8, 4) is 11.1 Å². The molecule has 0 saturated heterocycles. The lowest BCUT2D eigenvalue weighted by Crippen LogP contribution is -2.26. The third kappa shape index (κ3) is 5.27. The number of amides is 1. The van der Waals surface area contributed by atoms with Crippen LogP contribution in [0.4, 0.5) is 0 Å². The maximum atomic E-state index is 13.0. The second-order valence-corrected chi connectivity index (χ2v) is 10.4. The normalized spacial score (nSPS) is 11.9. The highest BCUT2D eigenvalue weighted by atomic mass is 79.9. The van der Waals surface area contributed by atoms with Crippen molar-refractivity contribution in [1.29, 1.82) is 0 Å². The first-order valence-electron chi connectivity index (χ1n) is 12.4. The SMILES string of the molecule is Cc1cc2cc(C(=O)NC(C)c3ccc(Br)cc3)ccc2n1Cc1ccc(-c2ccccc2C(=O)O)cc1. The van der Waals surface area contributed by atoms with E-state index in [1.165, 1.54) is 0 Å². The van der Waals surface area contributed by atoms with E-state index in [1.807, 2.05) is 85.8 Å². The van der Waals surface area contributed by atoms with Crippen LogP contribution in [-0.2, 0) is 6.54 Å². The van der Waals surface area contributed by atoms with Crippen molar-refractivity contribution in [1.82, 2.24) is 9.88 Å². The minimum Gasteiger partial charge on any atom is -0.478 e. The number of benzene rings is 4. The fraction of sp³-hybridized carbons (Fsp3) is 0.125. The Kier molecular flexibility index (Phi) is 7.16. The number of carboxylic acid groups (broad SMARTS) is 1. The molecule has 5 aromatic rings. The molecule has 1 aromatic heterocycles. The zero-order valence-electron chi connectivity index (χ0n) is 21.1. The van der Waals surface area contributed by atoms with Crippen LogP contribution in [-0.4, -0.2) is 21.6 Å². The molecular weight excluding hydrogens is 540 g/mol. The molecule has 0 bridgehead atoms. The molecule has 38 heavy (non-hydrogen) atoms. The number of halogens is 1. The molecule has 1 atom stereocenters. The van der Waals surface area contributed by atoms with Crippen LogP contribution < -0.4 is 5.32 Å². The minimum absolute atomic E-state index is 0.107. The summed E-state index contributed by atoms with van der Waals surface area (Å²) in [7, 11) is 0. The molecule has 0 aliphatic heterocycles. The number of carbonyl (C=O) groups is 2. The van der Waals surface area contributed by atoms with Gasteiger partial charge in [-0.25, -0.2) is 4.79 Å². The number of hydrogen-bond acceptors (Lipinski definition) is 2. The molecule has 190 valence electrons. The number of aromatic nitrogens is 1. The molecule has 5 rings (SSSR count). The molecule has 0 radical (unpaired) electrons. The van der Waals surface area contributed by atoms with Gasteiger partial charge in [0.15, 0.2) is 0 Å². The number of aromatic carboxylic acids is 1. The standard InChI is InChI=1S/C32H27BrN2O3/c1-20-17-26-18-25(31(36)34-21(2)23-11-14-27(33)15-12-23)13-16-30(26)35(20)19-22-7-9-24(10-8-22)28-5-3-4-6-29(28)32(37)38/h3-18,21H,19H2,1-2H3,(H,34,36)(H,37,38). The number of fused-ring (bicyclic) bond motifs is 1. The first-order chi connectivity index (χ1) is 18.3. The van der Waals surface area contributed by atoms with Gasteiger partial charge in [-0.1, -0.05) is 70.5 Å². The molecule has 1 heterocycles. The summed E-state index contributed by atoms with van der Waals surface area (Å²) in [6.45, 7) is 4.71. The number of nitrogens with zero attached hydrogens (tertiary/aromatic N) is 1. The van der Waals surface area contributed by atoms with Gasteiger partial charge >= 0.3 is 5.97 Å². The average Bonchev–Trinajstić information content (AvgIpc) is 3.23. The van der Waals surface area contributed by atoms with Gasteiger partial charge in [0.1, 0.15) is 0 Å². The van der Waals surface area contributed by atoms with Gasteiger partial charge in [-0.2, -0.15) is 0 Å². The van der Waals surface area contributed by atoms with Gasteiger partial charge in [-0.15, -0.1) is 0 Å². The molecule has 1 amide bonds.